The minimum Gasteiger partial charge on any atom is -0.444 e. The van der Waals surface area contributed by atoms with E-state index in [1.807, 2.05) is 64.1 Å². The average molecular weight is 262 g/mol. The summed E-state index contributed by atoms with van der Waals surface area (Å²) >= 11 is 0. The Labute approximate surface area is 114 Å². The van der Waals surface area contributed by atoms with Gasteiger partial charge in [0.2, 0.25) is 0 Å². The fourth-order valence-electron chi connectivity index (χ4n) is 1.40. The lowest BCUT2D eigenvalue weighted by molar-refractivity contribution is 0.0636. The SMILES string of the molecule is CC(N)/C=C/c1cccc(NC(=O)OC(C)(C)C)c1. The lowest BCUT2D eigenvalue weighted by Crippen LogP contribution is -2.27. The Morgan fingerprint density at radius 1 is 1.42 bits per heavy atom. The van der Waals surface area contributed by atoms with Crippen LogP contribution in [-0.4, -0.2) is 17.7 Å². The van der Waals surface area contributed by atoms with Crippen molar-refractivity contribution in [1.29, 1.82) is 0 Å². The lowest BCUT2D eigenvalue weighted by atomic mass is 10.1. The van der Waals surface area contributed by atoms with Gasteiger partial charge in [0, 0.05) is 11.7 Å². The van der Waals surface area contributed by atoms with Gasteiger partial charge in [-0.1, -0.05) is 24.3 Å². The monoisotopic (exact) mass is 262 g/mol. The van der Waals surface area contributed by atoms with Crippen LogP contribution in [0.2, 0.25) is 0 Å². The Morgan fingerprint density at radius 3 is 2.68 bits per heavy atom. The molecule has 19 heavy (non-hydrogen) atoms. The molecule has 1 amide bonds. The van der Waals surface area contributed by atoms with E-state index in [-0.39, 0.29) is 6.04 Å². The summed E-state index contributed by atoms with van der Waals surface area (Å²) in [6.07, 6.45) is 3.36. The highest BCUT2D eigenvalue weighted by Gasteiger charge is 2.15. The topological polar surface area (TPSA) is 64.3 Å². The van der Waals surface area contributed by atoms with Gasteiger partial charge in [-0.2, -0.15) is 0 Å². The fraction of sp³-hybridized carbons (Fsp3) is 0.400. The van der Waals surface area contributed by atoms with E-state index in [1.165, 1.54) is 0 Å². The summed E-state index contributed by atoms with van der Waals surface area (Å²) < 4.78 is 5.19. The summed E-state index contributed by atoms with van der Waals surface area (Å²) in [5, 5.41) is 2.70. The van der Waals surface area contributed by atoms with E-state index < -0.39 is 11.7 Å². The van der Waals surface area contributed by atoms with E-state index in [1.54, 1.807) is 0 Å². The van der Waals surface area contributed by atoms with Crippen molar-refractivity contribution in [3.63, 3.8) is 0 Å². The number of carbonyl (C=O) groups excluding carboxylic acids is 1. The van der Waals surface area contributed by atoms with Gasteiger partial charge in [0.15, 0.2) is 0 Å². The normalized spacial score (nSPS) is 13.3. The zero-order valence-corrected chi connectivity index (χ0v) is 11.9. The molecule has 4 nitrogen and oxygen atoms in total. The van der Waals surface area contributed by atoms with Crippen molar-refractivity contribution < 1.29 is 9.53 Å². The van der Waals surface area contributed by atoms with E-state index >= 15 is 0 Å². The van der Waals surface area contributed by atoms with Crippen LogP contribution in [0.3, 0.4) is 0 Å². The third-order valence-corrected chi connectivity index (χ3v) is 2.12. The summed E-state index contributed by atoms with van der Waals surface area (Å²) in [6.45, 7) is 7.39. The zero-order valence-electron chi connectivity index (χ0n) is 11.9. The molecule has 0 aromatic heterocycles. The quantitative estimate of drug-likeness (QED) is 0.877. The first-order valence-corrected chi connectivity index (χ1v) is 6.30. The minimum absolute atomic E-state index is 0.00229. The Morgan fingerprint density at radius 2 is 2.11 bits per heavy atom. The van der Waals surface area contributed by atoms with Crippen molar-refractivity contribution in [1.82, 2.24) is 0 Å². The van der Waals surface area contributed by atoms with E-state index in [9.17, 15) is 4.79 Å². The Balaban J connectivity index is 2.69. The van der Waals surface area contributed by atoms with Crippen molar-refractivity contribution >= 4 is 17.9 Å². The first-order valence-electron chi connectivity index (χ1n) is 6.30. The first-order chi connectivity index (χ1) is 8.76. The molecule has 0 saturated carbocycles. The van der Waals surface area contributed by atoms with Gasteiger partial charge in [-0.25, -0.2) is 4.79 Å². The van der Waals surface area contributed by atoms with Crippen molar-refractivity contribution in [2.45, 2.75) is 39.3 Å². The molecule has 0 heterocycles. The molecular formula is C15H22N2O2. The summed E-state index contributed by atoms with van der Waals surface area (Å²) in [4.78, 5) is 11.6. The third-order valence-electron chi connectivity index (χ3n) is 2.12. The summed E-state index contributed by atoms with van der Waals surface area (Å²) in [6, 6.07) is 7.49. The van der Waals surface area contributed by atoms with Crippen LogP contribution in [-0.2, 0) is 4.74 Å². The molecule has 0 radical (unpaired) electrons. The van der Waals surface area contributed by atoms with Crippen molar-refractivity contribution in [2.75, 3.05) is 5.32 Å². The maximum Gasteiger partial charge on any atom is 0.412 e. The molecule has 3 N–H and O–H groups in total. The number of amides is 1. The fourth-order valence-corrected chi connectivity index (χ4v) is 1.40. The summed E-state index contributed by atoms with van der Waals surface area (Å²) in [7, 11) is 0. The number of nitrogens with one attached hydrogen (secondary N) is 1. The molecular weight excluding hydrogens is 240 g/mol. The summed E-state index contributed by atoms with van der Waals surface area (Å²) in [5.74, 6) is 0. The molecule has 0 aliphatic heterocycles. The molecule has 1 rings (SSSR count). The summed E-state index contributed by atoms with van der Waals surface area (Å²) in [5.41, 5.74) is 6.82. The number of anilines is 1. The second-order valence-corrected chi connectivity index (χ2v) is 5.47. The lowest BCUT2D eigenvalue weighted by Gasteiger charge is -2.19. The van der Waals surface area contributed by atoms with Crippen LogP contribution < -0.4 is 11.1 Å². The van der Waals surface area contributed by atoms with Crippen molar-refractivity contribution in [2.24, 2.45) is 5.73 Å². The van der Waals surface area contributed by atoms with Gasteiger partial charge < -0.3 is 10.5 Å². The molecule has 0 spiro atoms. The molecule has 1 aromatic rings. The molecule has 1 unspecified atom stereocenters. The van der Waals surface area contributed by atoms with Gasteiger partial charge in [-0.05, 0) is 45.4 Å². The predicted molar refractivity (Wildman–Crippen MR) is 79.0 cm³/mol. The second-order valence-electron chi connectivity index (χ2n) is 5.47. The van der Waals surface area contributed by atoms with Gasteiger partial charge in [0.1, 0.15) is 5.60 Å². The van der Waals surface area contributed by atoms with Crippen LogP contribution in [0.4, 0.5) is 10.5 Å². The minimum atomic E-state index is -0.503. The van der Waals surface area contributed by atoms with E-state index in [2.05, 4.69) is 5.32 Å². The Kier molecular flexibility index (Phi) is 5.12. The van der Waals surface area contributed by atoms with Crippen LogP contribution in [0.25, 0.3) is 6.08 Å². The second kappa shape index (κ2) is 6.38. The predicted octanol–water partition coefficient (Wildman–Crippen LogP) is 3.39. The molecule has 0 aliphatic rings. The Bertz CT molecular complexity index is 459. The molecule has 1 aromatic carbocycles. The van der Waals surface area contributed by atoms with Crippen molar-refractivity contribution in [3.05, 3.63) is 35.9 Å². The number of carbonyl (C=O) groups is 1. The zero-order chi connectivity index (χ0) is 14.5. The number of benzene rings is 1. The van der Waals surface area contributed by atoms with Crippen molar-refractivity contribution in [3.8, 4) is 0 Å². The maximum atomic E-state index is 11.6. The first kappa shape index (κ1) is 15.2. The third kappa shape index (κ3) is 6.62. The van der Waals surface area contributed by atoms with Gasteiger partial charge in [0.05, 0.1) is 0 Å². The van der Waals surface area contributed by atoms with E-state index in [4.69, 9.17) is 10.5 Å². The number of nitrogens with two attached hydrogens (primary N) is 1. The molecule has 0 aliphatic carbocycles. The molecule has 0 bridgehead atoms. The smallest absolute Gasteiger partial charge is 0.412 e. The molecule has 4 heteroatoms. The highest BCUT2D eigenvalue weighted by molar-refractivity contribution is 5.85. The average Bonchev–Trinajstić information content (AvgIpc) is 2.24. The molecule has 104 valence electrons. The van der Waals surface area contributed by atoms with Crippen LogP contribution >= 0.6 is 0 Å². The standard InChI is InChI=1S/C15H22N2O2/c1-11(16)8-9-12-6-5-7-13(10-12)17-14(18)19-15(2,3)4/h5-11H,16H2,1-4H3,(H,17,18)/b9-8+. The number of hydrogen-bond acceptors (Lipinski definition) is 3. The van der Waals surface area contributed by atoms with E-state index in [0.29, 0.717) is 5.69 Å². The number of rotatable bonds is 3. The van der Waals surface area contributed by atoms with Gasteiger partial charge >= 0.3 is 6.09 Å². The Hall–Kier alpha value is -1.81. The highest BCUT2D eigenvalue weighted by Crippen LogP contribution is 2.14. The number of hydrogen-bond donors (Lipinski definition) is 2. The number of ether oxygens (including phenoxy) is 1. The van der Waals surface area contributed by atoms with Gasteiger partial charge in [-0.15, -0.1) is 0 Å². The van der Waals surface area contributed by atoms with Crippen LogP contribution in [0, 0.1) is 0 Å². The van der Waals surface area contributed by atoms with Gasteiger partial charge in [0.25, 0.3) is 0 Å². The largest absolute Gasteiger partial charge is 0.444 e. The highest BCUT2D eigenvalue weighted by atomic mass is 16.6. The van der Waals surface area contributed by atoms with E-state index in [0.717, 1.165) is 5.56 Å². The maximum absolute atomic E-state index is 11.6. The van der Waals surface area contributed by atoms with Crippen LogP contribution in [0.15, 0.2) is 30.3 Å². The molecule has 0 saturated heterocycles. The molecule has 0 fully saturated rings. The molecule has 1 atom stereocenters. The van der Waals surface area contributed by atoms with Crippen LogP contribution in [0.5, 0.6) is 0 Å². The van der Waals surface area contributed by atoms with Gasteiger partial charge in [-0.3, -0.25) is 5.32 Å². The van der Waals surface area contributed by atoms with Crippen LogP contribution in [0.1, 0.15) is 33.3 Å².